The number of hydrogen-bond acceptors (Lipinski definition) is 3. The fraction of sp³-hybridized carbons (Fsp3) is 0.333. The number of rotatable bonds is 2. The van der Waals surface area contributed by atoms with E-state index in [9.17, 15) is 9.59 Å². The van der Waals surface area contributed by atoms with Crippen LogP contribution in [0.5, 0.6) is 5.75 Å². The van der Waals surface area contributed by atoms with Gasteiger partial charge in [-0.05, 0) is 49.1 Å². The minimum atomic E-state index is -0.813. The van der Waals surface area contributed by atoms with Crippen LogP contribution < -0.4 is 10.1 Å². The van der Waals surface area contributed by atoms with Crippen molar-refractivity contribution in [3.63, 3.8) is 0 Å². The second-order valence-electron chi connectivity index (χ2n) is 6.97. The average Bonchev–Trinajstić information content (AvgIpc) is 2.69. The van der Waals surface area contributed by atoms with Crippen LogP contribution in [0.1, 0.15) is 35.2 Å². The number of methoxy groups -OCH3 is 1. The van der Waals surface area contributed by atoms with Gasteiger partial charge in [0.25, 0.3) is 11.8 Å². The second kappa shape index (κ2) is 6.48. The average molecular weight is 350 g/mol. The molecule has 26 heavy (non-hydrogen) atoms. The van der Waals surface area contributed by atoms with Crippen LogP contribution in [0.25, 0.3) is 0 Å². The second-order valence-corrected chi connectivity index (χ2v) is 6.97. The molecule has 0 radical (unpaired) electrons. The highest BCUT2D eigenvalue weighted by Crippen LogP contribution is 2.39. The molecular weight excluding hydrogens is 328 g/mol. The summed E-state index contributed by atoms with van der Waals surface area (Å²) in [5, 5.41) is 3.02. The van der Waals surface area contributed by atoms with E-state index in [4.69, 9.17) is 4.74 Å². The molecule has 5 nitrogen and oxygen atoms in total. The number of amides is 2. The summed E-state index contributed by atoms with van der Waals surface area (Å²) in [6, 6.07) is 15.0. The standard InChI is InChI=1S/C21H22N2O3/c1-26-17-9-6-8-15(13-17)19(24)23-12-5-4-11-21(23)14-16-7-2-3-10-18(16)22-20(21)25/h2-3,6-10,13H,4-5,11-12,14H2,1H3,(H,22,25). The minimum absolute atomic E-state index is 0.0767. The maximum Gasteiger partial charge on any atom is 0.254 e. The van der Waals surface area contributed by atoms with Gasteiger partial charge >= 0.3 is 0 Å². The Bertz CT molecular complexity index is 864. The Balaban J connectivity index is 1.72. The van der Waals surface area contributed by atoms with Crippen LogP contribution in [0.4, 0.5) is 5.69 Å². The first kappa shape index (κ1) is 16.6. The van der Waals surface area contributed by atoms with Gasteiger partial charge in [-0.25, -0.2) is 0 Å². The van der Waals surface area contributed by atoms with Crippen LogP contribution in [0.15, 0.2) is 48.5 Å². The Hall–Kier alpha value is -2.82. The number of piperidine rings is 1. The van der Waals surface area contributed by atoms with Crippen molar-refractivity contribution in [3.05, 3.63) is 59.7 Å². The number of benzene rings is 2. The molecule has 2 aliphatic rings. The van der Waals surface area contributed by atoms with Gasteiger partial charge in [-0.3, -0.25) is 9.59 Å². The first-order chi connectivity index (χ1) is 12.6. The lowest BCUT2D eigenvalue weighted by atomic mass is 9.77. The highest BCUT2D eigenvalue weighted by molar-refractivity contribution is 6.06. The topological polar surface area (TPSA) is 58.6 Å². The largest absolute Gasteiger partial charge is 0.497 e. The Morgan fingerprint density at radius 3 is 2.85 bits per heavy atom. The minimum Gasteiger partial charge on any atom is -0.497 e. The monoisotopic (exact) mass is 350 g/mol. The van der Waals surface area contributed by atoms with E-state index in [-0.39, 0.29) is 11.8 Å². The molecule has 0 aromatic heterocycles. The zero-order valence-corrected chi connectivity index (χ0v) is 14.8. The third-order valence-electron chi connectivity index (χ3n) is 5.47. The highest BCUT2D eigenvalue weighted by atomic mass is 16.5. The molecule has 4 rings (SSSR count). The maximum atomic E-state index is 13.3. The van der Waals surface area contributed by atoms with Gasteiger partial charge in [0.05, 0.1) is 7.11 Å². The third kappa shape index (κ3) is 2.64. The Morgan fingerprint density at radius 1 is 1.15 bits per heavy atom. The zero-order valence-electron chi connectivity index (χ0n) is 14.8. The molecule has 1 spiro atoms. The van der Waals surface area contributed by atoms with Crippen molar-refractivity contribution in [3.8, 4) is 5.75 Å². The summed E-state index contributed by atoms with van der Waals surface area (Å²) in [5.74, 6) is 0.450. The molecule has 5 heteroatoms. The zero-order chi connectivity index (χ0) is 18.1. The molecule has 2 aromatic rings. The Labute approximate surface area is 153 Å². The number of nitrogens with one attached hydrogen (secondary N) is 1. The fourth-order valence-corrected chi connectivity index (χ4v) is 4.09. The molecule has 2 aliphatic heterocycles. The first-order valence-electron chi connectivity index (χ1n) is 8.99. The number of ether oxygens (including phenoxy) is 1. The molecule has 0 saturated carbocycles. The molecule has 1 N–H and O–H groups in total. The molecule has 2 heterocycles. The van der Waals surface area contributed by atoms with E-state index in [1.165, 1.54) is 0 Å². The molecule has 0 aliphatic carbocycles. The summed E-state index contributed by atoms with van der Waals surface area (Å²) in [4.78, 5) is 28.1. The normalized spacial score (nSPS) is 21.9. The number of fused-ring (bicyclic) bond motifs is 1. The van der Waals surface area contributed by atoms with Gasteiger partial charge in [-0.1, -0.05) is 24.3 Å². The predicted octanol–water partition coefficient (Wildman–Crippen LogP) is 3.25. The summed E-state index contributed by atoms with van der Waals surface area (Å²) in [5.41, 5.74) is 1.67. The van der Waals surface area contributed by atoms with Gasteiger partial charge in [0.2, 0.25) is 0 Å². The molecule has 1 atom stereocenters. The van der Waals surface area contributed by atoms with Crippen molar-refractivity contribution < 1.29 is 14.3 Å². The van der Waals surface area contributed by atoms with Crippen molar-refractivity contribution in [1.82, 2.24) is 4.90 Å². The molecule has 2 aromatic carbocycles. The van der Waals surface area contributed by atoms with E-state index in [0.717, 1.165) is 24.1 Å². The Morgan fingerprint density at radius 2 is 2.00 bits per heavy atom. The van der Waals surface area contributed by atoms with Crippen molar-refractivity contribution in [2.45, 2.75) is 31.2 Å². The first-order valence-corrected chi connectivity index (χ1v) is 8.99. The number of para-hydroxylation sites is 1. The van der Waals surface area contributed by atoms with Gasteiger partial charge in [0.15, 0.2) is 0 Å². The van der Waals surface area contributed by atoms with Crippen LogP contribution in [0.3, 0.4) is 0 Å². The molecule has 1 unspecified atom stereocenters. The molecule has 1 fully saturated rings. The number of anilines is 1. The van der Waals surface area contributed by atoms with E-state index in [0.29, 0.717) is 30.7 Å². The molecule has 1 saturated heterocycles. The van der Waals surface area contributed by atoms with Gasteiger partial charge in [-0.15, -0.1) is 0 Å². The van der Waals surface area contributed by atoms with Gasteiger partial charge in [0.1, 0.15) is 11.3 Å². The molecular formula is C21H22N2O3. The van der Waals surface area contributed by atoms with E-state index in [2.05, 4.69) is 5.32 Å². The Kier molecular flexibility index (Phi) is 4.15. The van der Waals surface area contributed by atoms with Crippen LogP contribution in [0, 0.1) is 0 Å². The van der Waals surface area contributed by atoms with Gasteiger partial charge in [-0.2, -0.15) is 0 Å². The van der Waals surface area contributed by atoms with Crippen LogP contribution in [-0.4, -0.2) is 35.9 Å². The van der Waals surface area contributed by atoms with E-state index >= 15 is 0 Å². The van der Waals surface area contributed by atoms with E-state index < -0.39 is 5.54 Å². The van der Waals surface area contributed by atoms with Crippen molar-refractivity contribution in [2.24, 2.45) is 0 Å². The van der Waals surface area contributed by atoms with Crippen molar-refractivity contribution in [1.29, 1.82) is 0 Å². The van der Waals surface area contributed by atoms with Crippen LogP contribution in [-0.2, 0) is 11.2 Å². The van der Waals surface area contributed by atoms with Crippen molar-refractivity contribution >= 4 is 17.5 Å². The van der Waals surface area contributed by atoms with E-state index in [1.54, 1.807) is 30.2 Å². The number of carbonyl (C=O) groups is 2. The SMILES string of the molecule is COc1cccc(C(=O)N2CCCCC23Cc2ccccc2NC3=O)c1. The summed E-state index contributed by atoms with van der Waals surface area (Å²) < 4.78 is 5.25. The number of likely N-dealkylation sites (tertiary alicyclic amines) is 1. The molecule has 0 bridgehead atoms. The quantitative estimate of drug-likeness (QED) is 0.904. The summed E-state index contributed by atoms with van der Waals surface area (Å²) in [6.07, 6.45) is 3.09. The lowest BCUT2D eigenvalue weighted by molar-refractivity contribution is -0.129. The molecule has 134 valence electrons. The van der Waals surface area contributed by atoms with Gasteiger partial charge < -0.3 is 15.0 Å². The third-order valence-corrected chi connectivity index (χ3v) is 5.47. The lowest BCUT2D eigenvalue weighted by Gasteiger charge is -2.48. The number of carbonyl (C=O) groups excluding carboxylic acids is 2. The maximum absolute atomic E-state index is 13.3. The van der Waals surface area contributed by atoms with E-state index in [1.807, 2.05) is 30.3 Å². The van der Waals surface area contributed by atoms with Gasteiger partial charge in [0, 0.05) is 24.2 Å². The predicted molar refractivity (Wildman–Crippen MR) is 99.4 cm³/mol. The lowest BCUT2D eigenvalue weighted by Crippen LogP contribution is -2.63. The molecule has 2 amide bonds. The summed E-state index contributed by atoms with van der Waals surface area (Å²) in [6.45, 7) is 0.589. The van der Waals surface area contributed by atoms with Crippen LogP contribution in [0.2, 0.25) is 0 Å². The number of hydrogen-bond donors (Lipinski definition) is 1. The van der Waals surface area contributed by atoms with Crippen LogP contribution >= 0.6 is 0 Å². The highest BCUT2D eigenvalue weighted by Gasteiger charge is 2.50. The smallest absolute Gasteiger partial charge is 0.254 e. The summed E-state index contributed by atoms with van der Waals surface area (Å²) >= 11 is 0. The number of nitrogens with zero attached hydrogens (tertiary/aromatic N) is 1. The summed E-state index contributed by atoms with van der Waals surface area (Å²) in [7, 11) is 1.58. The van der Waals surface area contributed by atoms with Crippen molar-refractivity contribution in [2.75, 3.05) is 19.0 Å². The fourth-order valence-electron chi connectivity index (χ4n) is 4.09.